The van der Waals surface area contributed by atoms with Crippen molar-refractivity contribution in [2.75, 3.05) is 4.81 Å². The van der Waals surface area contributed by atoms with Gasteiger partial charge in [0.1, 0.15) is 22.3 Å². The van der Waals surface area contributed by atoms with Crippen LogP contribution in [0.2, 0.25) is 0 Å². The number of furan rings is 2. The van der Waals surface area contributed by atoms with Crippen molar-refractivity contribution in [1.82, 2.24) is 4.57 Å². The molecule has 0 unspecified atom stereocenters. The van der Waals surface area contributed by atoms with Crippen LogP contribution in [0.15, 0.2) is 148 Å². The molecule has 62 heavy (non-hydrogen) atoms. The maximum atomic E-state index is 6.84. The summed E-state index contributed by atoms with van der Waals surface area (Å²) in [7, 11) is 0. The fourth-order valence-corrected chi connectivity index (χ4v) is 12.1. The van der Waals surface area contributed by atoms with Crippen LogP contribution in [-0.2, 0) is 10.8 Å². The number of benzene rings is 8. The number of thiophene rings is 1. The SMILES string of the molecule is CC(C)(C)c1ccc(N2B3c4cc5c(cc4-n4c6ccc7c8ccccc8oc7c6c6ccc(c3c64)-c3cc4sc6ccc(C(C)(C)C)cc6c4cc32)oc2ccccc25)cc1. The fourth-order valence-electron chi connectivity index (χ4n) is 11.0. The van der Waals surface area contributed by atoms with E-state index in [4.69, 9.17) is 8.83 Å². The van der Waals surface area contributed by atoms with E-state index in [2.05, 4.69) is 190 Å². The lowest BCUT2D eigenvalue weighted by molar-refractivity contribution is 0.590. The lowest BCUT2D eigenvalue weighted by atomic mass is 9.44. The summed E-state index contributed by atoms with van der Waals surface area (Å²) in [6.07, 6.45) is 0. The molecule has 4 aromatic heterocycles. The summed E-state index contributed by atoms with van der Waals surface area (Å²) in [4.78, 5) is 2.66. The molecule has 2 aliphatic heterocycles. The first-order valence-electron chi connectivity index (χ1n) is 21.8. The van der Waals surface area contributed by atoms with Gasteiger partial charge in [0.15, 0.2) is 0 Å². The second-order valence-corrected chi connectivity index (χ2v) is 20.8. The van der Waals surface area contributed by atoms with E-state index >= 15 is 0 Å². The van der Waals surface area contributed by atoms with Crippen LogP contribution >= 0.6 is 11.3 Å². The van der Waals surface area contributed by atoms with Crippen molar-refractivity contribution in [2.24, 2.45) is 0 Å². The molecule has 6 heterocycles. The van der Waals surface area contributed by atoms with Gasteiger partial charge in [-0.1, -0.05) is 114 Å². The van der Waals surface area contributed by atoms with Crippen LogP contribution in [0.3, 0.4) is 0 Å². The minimum absolute atomic E-state index is 0.0257. The zero-order valence-corrected chi connectivity index (χ0v) is 36.3. The Balaban J connectivity index is 1.16. The van der Waals surface area contributed by atoms with Gasteiger partial charge in [0.05, 0.1) is 16.4 Å². The van der Waals surface area contributed by atoms with E-state index in [0.717, 1.165) is 60.5 Å². The highest BCUT2D eigenvalue weighted by Gasteiger charge is 2.45. The standard InChI is InChI=1S/C56H41BN2O2S/c1-55(2,3)30-15-18-32(19-16-30)59-44-27-41-40-25-31(56(4,5)6)17-24-49(40)62-50(41)28-38(44)35-20-21-37-51-43(23-22-36-33-11-7-10-14-47(33)61-54(36)51)58-45-29-48-39(34-12-8-9-13-46(34)60-48)26-42(45)57(59)52(35)53(37)58/h7-29H,1-6H3. The Morgan fingerprint density at radius 1 is 0.500 bits per heavy atom. The van der Waals surface area contributed by atoms with Crippen LogP contribution in [0, 0.1) is 0 Å². The number of hydrogen-bond donors (Lipinski definition) is 0. The van der Waals surface area contributed by atoms with Gasteiger partial charge in [-0.2, -0.15) is 0 Å². The summed E-state index contributed by atoms with van der Waals surface area (Å²) in [6, 6.07) is 52.5. The van der Waals surface area contributed by atoms with Gasteiger partial charge in [-0.25, -0.2) is 0 Å². The summed E-state index contributed by atoms with van der Waals surface area (Å²) in [5.74, 6) is 0. The molecule has 0 amide bonds. The quantitative estimate of drug-likeness (QED) is 0.155. The van der Waals surface area contributed by atoms with Gasteiger partial charge in [0, 0.05) is 75.8 Å². The molecule has 0 fully saturated rings. The summed E-state index contributed by atoms with van der Waals surface area (Å²) >= 11 is 1.90. The molecule has 0 radical (unpaired) electrons. The predicted molar refractivity (Wildman–Crippen MR) is 265 cm³/mol. The van der Waals surface area contributed by atoms with Crippen LogP contribution in [0.25, 0.3) is 103 Å². The summed E-state index contributed by atoms with van der Waals surface area (Å²) in [5.41, 5.74) is 17.4. The smallest absolute Gasteiger partial charge is 0.333 e. The van der Waals surface area contributed by atoms with Gasteiger partial charge < -0.3 is 18.2 Å². The zero-order chi connectivity index (χ0) is 41.6. The maximum absolute atomic E-state index is 6.84. The highest BCUT2D eigenvalue weighted by molar-refractivity contribution is 7.25. The second-order valence-electron chi connectivity index (χ2n) is 19.7. The summed E-state index contributed by atoms with van der Waals surface area (Å²) in [6.45, 7) is 13.7. The number of hydrogen-bond acceptors (Lipinski definition) is 4. The molecule has 4 nitrogen and oxygen atoms in total. The van der Waals surface area contributed by atoms with Crippen LogP contribution in [0.5, 0.6) is 0 Å². The first-order valence-corrected chi connectivity index (χ1v) is 22.6. The van der Waals surface area contributed by atoms with E-state index in [1.165, 1.54) is 75.6 Å². The number of fused-ring (bicyclic) bond motifs is 18. The fraction of sp³-hybridized carbons (Fsp3) is 0.143. The molecule has 296 valence electrons. The average Bonchev–Trinajstić information content (AvgIpc) is 4.02. The molecule has 8 aromatic carbocycles. The topological polar surface area (TPSA) is 34.5 Å². The highest BCUT2D eigenvalue weighted by Crippen LogP contribution is 2.50. The third kappa shape index (κ3) is 4.47. The van der Waals surface area contributed by atoms with Gasteiger partial charge in [-0.15, -0.1) is 11.3 Å². The largest absolute Gasteiger partial charge is 0.456 e. The molecule has 12 aromatic rings. The number of anilines is 2. The molecule has 0 saturated heterocycles. The Bertz CT molecular complexity index is 3960. The van der Waals surface area contributed by atoms with Crippen LogP contribution in [0.1, 0.15) is 52.7 Å². The van der Waals surface area contributed by atoms with Gasteiger partial charge in [-0.3, -0.25) is 0 Å². The van der Waals surface area contributed by atoms with Gasteiger partial charge in [0.25, 0.3) is 0 Å². The first kappa shape index (κ1) is 34.9. The van der Waals surface area contributed by atoms with Crippen molar-refractivity contribution >= 4 is 126 Å². The zero-order valence-electron chi connectivity index (χ0n) is 35.5. The number of rotatable bonds is 1. The van der Waals surface area contributed by atoms with E-state index in [9.17, 15) is 0 Å². The molecule has 0 aliphatic carbocycles. The van der Waals surface area contributed by atoms with Crippen LogP contribution in [0.4, 0.5) is 11.4 Å². The number of aromatic nitrogens is 1. The van der Waals surface area contributed by atoms with Gasteiger partial charge >= 0.3 is 6.85 Å². The minimum atomic E-state index is -0.134. The molecular formula is C56H41BN2O2S. The first-order chi connectivity index (χ1) is 30.0. The molecule has 14 rings (SSSR count). The second kappa shape index (κ2) is 11.6. The Labute approximate surface area is 362 Å². The number of nitrogens with zero attached hydrogens (tertiary/aromatic N) is 2. The minimum Gasteiger partial charge on any atom is -0.456 e. The Morgan fingerprint density at radius 2 is 1.19 bits per heavy atom. The summed E-state index contributed by atoms with van der Waals surface area (Å²) in [5, 5.41) is 9.54. The van der Waals surface area contributed by atoms with Gasteiger partial charge in [0.2, 0.25) is 0 Å². The Hall–Kier alpha value is -6.76. The van der Waals surface area contributed by atoms with E-state index in [1.807, 2.05) is 11.3 Å². The lowest BCUT2D eigenvalue weighted by Gasteiger charge is -2.42. The molecule has 2 aliphatic rings. The molecular weight excluding hydrogens is 776 g/mol. The summed E-state index contributed by atoms with van der Waals surface area (Å²) < 4.78 is 18.7. The molecule has 0 atom stereocenters. The van der Waals surface area contributed by atoms with Crippen LogP contribution < -0.4 is 15.7 Å². The van der Waals surface area contributed by atoms with Crippen molar-refractivity contribution in [3.8, 4) is 16.8 Å². The van der Waals surface area contributed by atoms with Crippen molar-refractivity contribution in [1.29, 1.82) is 0 Å². The average molecular weight is 817 g/mol. The van der Waals surface area contributed by atoms with Crippen molar-refractivity contribution in [3.63, 3.8) is 0 Å². The molecule has 0 spiro atoms. The number of para-hydroxylation sites is 2. The Morgan fingerprint density at radius 3 is 1.97 bits per heavy atom. The lowest BCUT2D eigenvalue weighted by Crippen LogP contribution is -2.60. The molecule has 6 heteroatoms. The normalized spacial score (nSPS) is 13.9. The van der Waals surface area contributed by atoms with Crippen molar-refractivity contribution in [3.05, 3.63) is 151 Å². The third-order valence-electron chi connectivity index (χ3n) is 14.1. The maximum Gasteiger partial charge on any atom is 0.333 e. The third-order valence-corrected chi connectivity index (χ3v) is 15.2. The van der Waals surface area contributed by atoms with Crippen molar-refractivity contribution < 1.29 is 8.83 Å². The van der Waals surface area contributed by atoms with Crippen LogP contribution in [-0.4, -0.2) is 11.4 Å². The van der Waals surface area contributed by atoms with E-state index in [1.54, 1.807) is 0 Å². The highest BCUT2D eigenvalue weighted by atomic mass is 32.1. The monoisotopic (exact) mass is 816 g/mol. The van der Waals surface area contributed by atoms with E-state index in [-0.39, 0.29) is 17.7 Å². The van der Waals surface area contributed by atoms with Crippen molar-refractivity contribution in [2.45, 2.75) is 52.4 Å². The Kier molecular flexibility index (Phi) is 6.52. The molecule has 0 N–H and O–H groups in total. The molecule has 0 saturated carbocycles. The predicted octanol–water partition coefficient (Wildman–Crippen LogP) is 14.8. The van der Waals surface area contributed by atoms with E-state index < -0.39 is 0 Å². The van der Waals surface area contributed by atoms with E-state index in [0.29, 0.717) is 0 Å². The van der Waals surface area contributed by atoms with Gasteiger partial charge in [-0.05, 0) is 99.1 Å². The molecule has 0 bridgehead atoms.